The maximum absolute atomic E-state index is 5.35. The SMILES string of the molecule is Cc1noc(C)c1CN(C)Cc1cnc(N2CCOCC2)nc1. The molecule has 3 heterocycles. The molecule has 2 aromatic rings. The van der Waals surface area contributed by atoms with Crippen LogP contribution in [0.4, 0.5) is 5.95 Å². The van der Waals surface area contributed by atoms with Crippen molar-refractivity contribution in [3.8, 4) is 0 Å². The van der Waals surface area contributed by atoms with E-state index in [0.29, 0.717) is 0 Å². The van der Waals surface area contributed by atoms with Gasteiger partial charge in [0.1, 0.15) is 5.76 Å². The lowest BCUT2D eigenvalue weighted by atomic mass is 10.2. The highest BCUT2D eigenvalue weighted by atomic mass is 16.5. The molecule has 0 radical (unpaired) electrons. The van der Waals surface area contributed by atoms with Crippen LogP contribution in [0.25, 0.3) is 0 Å². The standard InChI is InChI=1S/C16H23N5O2/c1-12-15(13(2)23-19-12)11-20(3)10-14-8-17-16(18-9-14)21-4-6-22-7-5-21/h8-9H,4-7,10-11H2,1-3H3. The minimum atomic E-state index is 0.741. The Hall–Kier alpha value is -1.99. The number of anilines is 1. The topological polar surface area (TPSA) is 67.5 Å². The largest absolute Gasteiger partial charge is 0.378 e. The van der Waals surface area contributed by atoms with Crippen molar-refractivity contribution in [1.29, 1.82) is 0 Å². The molecule has 7 heteroatoms. The summed E-state index contributed by atoms with van der Waals surface area (Å²) in [6, 6.07) is 0. The molecule has 0 aromatic carbocycles. The number of morpholine rings is 1. The van der Waals surface area contributed by atoms with Crippen LogP contribution < -0.4 is 4.90 Å². The van der Waals surface area contributed by atoms with Crippen molar-refractivity contribution in [3.05, 3.63) is 35.0 Å². The van der Waals surface area contributed by atoms with E-state index in [2.05, 4.69) is 32.0 Å². The maximum atomic E-state index is 5.35. The lowest BCUT2D eigenvalue weighted by Gasteiger charge is -2.26. The molecular weight excluding hydrogens is 294 g/mol. The van der Waals surface area contributed by atoms with Gasteiger partial charge in [-0.15, -0.1) is 0 Å². The van der Waals surface area contributed by atoms with E-state index in [-0.39, 0.29) is 0 Å². The lowest BCUT2D eigenvalue weighted by Crippen LogP contribution is -2.37. The molecule has 1 aliphatic heterocycles. The van der Waals surface area contributed by atoms with Crippen LogP contribution in [0.1, 0.15) is 22.6 Å². The van der Waals surface area contributed by atoms with Crippen molar-refractivity contribution in [3.63, 3.8) is 0 Å². The quantitative estimate of drug-likeness (QED) is 0.828. The van der Waals surface area contributed by atoms with Gasteiger partial charge >= 0.3 is 0 Å². The molecule has 3 rings (SSSR count). The zero-order valence-electron chi connectivity index (χ0n) is 13.9. The number of aromatic nitrogens is 3. The van der Waals surface area contributed by atoms with Gasteiger partial charge in [0.05, 0.1) is 18.9 Å². The Morgan fingerprint density at radius 3 is 2.43 bits per heavy atom. The molecule has 0 N–H and O–H groups in total. The molecule has 0 atom stereocenters. The van der Waals surface area contributed by atoms with Crippen LogP contribution in [-0.4, -0.2) is 53.4 Å². The highest BCUT2D eigenvalue weighted by Crippen LogP contribution is 2.16. The molecule has 7 nitrogen and oxygen atoms in total. The molecule has 2 aromatic heterocycles. The molecule has 23 heavy (non-hydrogen) atoms. The first-order valence-corrected chi connectivity index (χ1v) is 7.87. The summed E-state index contributed by atoms with van der Waals surface area (Å²) in [6.45, 7) is 8.69. The maximum Gasteiger partial charge on any atom is 0.225 e. The lowest BCUT2D eigenvalue weighted by molar-refractivity contribution is 0.122. The van der Waals surface area contributed by atoms with Crippen molar-refractivity contribution in [2.24, 2.45) is 0 Å². The monoisotopic (exact) mass is 317 g/mol. The van der Waals surface area contributed by atoms with Gasteiger partial charge in [-0.25, -0.2) is 9.97 Å². The third-order valence-corrected chi connectivity index (χ3v) is 4.05. The van der Waals surface area contributed by atoms with Gasteiger partial charge in [0, 0.05) is 49.7 Å². The van der Waals surface area contributed by atoms with Crippen molar-refractivity contribution >= 4 is 5.95 Å². The molecule has 1 aliphatic rings. The normalized spacial score (nSPS) is 15.4. The fourth-order valence-corrected chi connectivity index (χ4v) is 2.72. The van der Waals surface area contributed by atoms with Gasteiger partial charge in [0.25, 0.3) is 0 Å². The van der Waals surface area contributed by atoms with E-state index in [1.165, 1.54) is 0 Å². The van der Waals surface area contributed by atoms with E-state index in [0.717, 1.165) is 67.9 Å². The van der Waals surface area contributed by atoms with Crippen LogP contribution in [-0.2, 0) is 17.8 Å². The van der Waals surface area contributed by atoms with Gasteiger partial charge < -0.3 is 14.2 Å². The second-order valence-corrected chi connectivity index (χ2v) is 5.97. The number of aryl methyl sites for hydroxylation is 2. The predicted molar refractivity (Wildman–Crippen MR) is 86.2 cm³/mol. The third-order valence-electron chi connectivity index (χ3n) is 4.05. The van der Waals surface area contributed by atoms with E-state index in [1.54, 1.807) is 0 Å². The zero-order valence-corrected chi connectivity index (χ0v) is 13.9. The molecule has 0 saturated carbocycles. The van der Waals surface area contributed by atoms with E-state index in [9.17, 15) is 0 Å². The van der Waals surface area contributed by atoms with E-state index >= 15 is 0 Å². The Balaban J connectivity index is 1.59. The summed E-state index contributed by atoms with van der Waals surface area (Å²) in [5.41, 5.74) is 3.20. The Morgan fingerprint density at radius 1 is 1.13 bits per heavy atom. The minimum absolute atomic E-state index is 0.741. The van der Waals surface area contributed by atoms with Crippen molar-refractivity contribution < 1.29 is 9.26 Å². The molecule has 0 amide bonds. The van der Waals surface area contributed by atoms with Crippen LogP contribution in [0.15, 0.2) is 16.9 Å². The summed E-state index contributed by atoms with van der Waals surface area (Å²) in [6.07, 6.45) is 3.81. The van der Waals surface area contributed by atoms with Crippen molar-refractivity contribution in [2.75, 3.05) is 38.3 Å². The Bertz CT molecular complexity index is 615. The summed E-state index contributed by atoms with van der Waals surface area (Å²) < 4.78 is 10.6. The van der Waals surface area contributed by atoms with Gasteiger partial charge in [0.2, 0.25) is 5.95 Å². The van der Waals surface area contributed by atoms with Crippen LogP contribution in [0, 0.1) is 13.8 Å². The average molecular weight is 317 g/mol. The van der Waals surface area contributed by atoms with E-state index in [4.69, 9.17) is 9.26 Å². The summed E-state index contributed by atoms with van der Waals surface area (Å²) >= 11 is 0. The molecule has 0 unspecified atom stereocenters. The van der Waals surface area contributed by atoms with Crippen LogP contribution >= 0.6 is 0 Å². The first-order valence-electron chi connectivity index (χ1n) is 7.87. The molecule has 0 aliphatic carbocycles. The number of hydrogen-bond donors (Lipinski definition) is 0. The molecule has 1 fully saturated rings. The molecule has 1 saturated heterocycles. The van der Waals surface area contributed by atoms with Crippen LogP contribution in [0.2, 0.25) is 0 Å². The number of hydrogen-bond acceptors (Lipinski definition) is 7. The molecule has 0 spiro atoms. The van der Waals surface area contributed by atoms with Gasteiger partial charge in [-0.3, -0.25) is 4.90 Å². The number of rotatable bonds is 5. The number of nitrogens with zero attached hydrogens (tertiary/aromatic N) is 5. The Morgan fingerprint density at radius 2 is 1.83 bits per heavy atom. The second kappa shape index (κ2) is 7.06. The average Bonchev–Trinajstić information content (AvgIpc) is 2.88. The first kappa shape index (κ1) is 15.9. The van der Waals surface area contributed by atoms with E-state index in [1.807, 2.05) is 26.2 Å². The van der Waals surface area contributed by atoms with Crippen LogP contribution in [0.3, 0.4) is 0 Å². The Labute approximate surface area is 136 Å². The molecule has 0 bridgehead atoms. The molecule has 124 valence electrons. The summed E-state index contributed by atoms with van der Waals surface area (Å²) in [4.78, 5) is 13.3. The predicted octanol–water partition coefficient (Wildman–Crippen LogP) is 1.55. The fraction of sp³-hybridized carbons (Fsp3) is 0.562. The highest BCUT2D eigenvalue weighted by Gasteiger charge is 2.14. The zero-order chi connectivity index (χ0) is 16.2. The highest BCUT2D eigenvalue weighted by molar-refractivity contribution is 5.30. The first-order chi connectivity index (χ1) is 11.1. The van der Waals surface area contributed by atoms with Crippen molar-refractivity contribution in [1.82, 2.24) is 20.0 Å². The Kier molecular flexibility index (Phi) is 4.88. The number of ether oxygens (including phenoxy) is 1. The van der Waals surface area contributed by atoms with Gasteiger partial charge in [-0.2, -0.15) is 0 Å². The van der Waals surface area contributed by atoms with Gasteiger partial charge in [-0.1, -0.05) is 5.16 Å². The van der Waals surface area contributed by atoms with Gasteiger partial charge in [-0.05, 0) is 20.9 Å². The summed E-state index contributed by atoms with van der Waals surface area (Å²) in [5.74, 6) is 1.67. The second-order valence-electron chi connectivity index (χ2n) is 5.97. The van der Waals surface area contributed by atoms with Gasteiger partial charge in [0.15, 0.2) is 0 Å². The van der Waals surface area contributed by atoms with Crippen LogP contribution in [0.5, 0.6) is 0 Å². The minimum Gasteiger partial charge on any atom is -0.378 e. The summed E-state index contributed by atoms with van der Waals surface area (Å²) in [5, 5.41) is 4.00. The smallest absolute Gasteiger partial charge is 0.225 e. The third kappa shape index (κ3) is 3.86. The van der Waals surface area contributed by atoms with E-state index < -0.39 is 0 Å². The fourth-order valence-electron chi connectivity index (χ4n) is 2.72. The summed E-state index contributed by atoms with van der Waals surface area (Å²) in [7, 11) is 2.07. The van der Waals surface area contributed by atoms with Crippen molar-refractivity contribution in [2.45, 2.75) is 26.9 Å². The molecular formula is C16H23N5O2.